The van der Waals surface area contributed by atoms with Crippen molar-refractivity contribution >= 4 is 17.4 Å². The van der Waals surface area contributed by atoms with Crippen LogP contribution < -0.4 is 5.32 Å². The molecular formula is C17H17NO3. The van der Waals surface area contributed by atoms with Crippen molar-refractivity contribution in [2.24, 2.45) is 0 Å². The molecule has 0 aliphatic heterocycles. The fraction of sp³-hybridized carbons (Fsp3) is 0.176. The zero-order chi connectivity index (χ0) is 15.2. The third-order valence-electron chi connectivity index (χ3n) is 3.16. The van der Waals surface area contributed by atoms with E-state index in [1.807, 2.05) is 6.07 Å². The molecule has 2 aromatic rings. The Bertz CT molecular complexity index is 650. The summed E-state index contributed by atoms with van der Waals surface area (Å²) in [6, 6.07) is 13.6. The van der Waals surface area contributed by atoms with Crippen LogP contribution in [0.25, 0.3) is 0 Å². The quantitative estimate of drug-likeness (QED) is 0.653. The van der Waals surface area contributed by atoms with E-state index >= 15 is 0 Å². The molecule has 0 saturated carbocycles. The summed E-state index contributed by atoms with van der Waals surface area (Å²) in [4.78, 5) is 23.8. The van der Waals surface area contributed by atoms with Crippen molar-refractivity contribution in [3.05, 3.63) is 59.7 Å². The first-order valence-corrected chi connectivity index (χ1v) is 6.74. The minimum absolute atomic E-state index is 0.0480. The summed E-state index contributed by atoms with van der Waals surface area (Å²) in [5, 5.41) is 12.1. The Morgan fingerprint density at radius 2 is 1.76 bits per heavy atom. The van der Waals surface area contributed by atoms with Crippen LogP contribution >= 0.6 is 0 Å². The van der Waals surface area contributed by atoms with E-state index in [9.17, 15) is 14.7 Å². The van der Waals surface area contributed by atoms with Gasteiger partial charge in [0.15, 0.2) is 5.78 Å². The molecule has 2 rings (SSSR count). The lowest BCUT2D eigenvalue weighted by Crippen LogP contribution is -2.14. The van der Waals surface area contributed by atoms with Gasteiger partial charge in [-0.25, -0.2) is 0 Å². The zero-order valence-electron chi connectivity index (χ0n) is 11.8. The Labute approximate surface area is 123 Å². The van der Waals surface area contributed by atoms with E-state index in [4.69, 9.17) is 0 Å². The predicted molar refractivity (Wildman–Crippen MR) is 81.5 cm³/mol. The van der Waals surface area contributed by atoms with E-state index < -0.39 is 0 Å². The number of rotatable bonds is 5. The van der Waals surface area contributed by atoms with Crippen molar-refractivity contribution in [1.29, 1.82) is 0 Å². The van der Waals surface area contributed by atoms with Gasteiger partial charge in [-0.3, -0.25) is 9.59 Å². The van der Waals surface area contributed by atoms with Gasteiger partial charge in [0.1, 0.15) is 5.75 Å². The fourth-order valence-corrected chi connectivity index (χ4v) is 2.00. The number of benzene rings is 2. The summed E-state index contributed by atoms with van der Waals surface area (Å²) < 4.78 is 0. The molecule has 0 atom stereocenters. The number of nitrogens with one attached hydrogen (secondary N) is 1. The molecule has 108 valence electrons. The van der Waals surface area contributed by atoms with Crippen LogP contribution in [0.1, 0.15) is 28.8 Å². The van der Waals surface area contributed by atoms with Crippen molar-refractivity contribution in [2.75, 3.05) is 5.32 Å². The number of carbonyl (C=O) groups excluding carboxylic acids is 2. The molecule has 2 aromatic carbocycles. The second kappa shape index (κ2) is 6.70. The summed E-state index contributed by atoms with van der Waals surface area (Å²) >= 11 is 0. The first-order valence-electron chi connectivity index (χ1n) is 6.74. The van der Waals surface area contributed by atoms with Crippen LogP contribution in [0.5, 0.6) is 5.75 Å². The first kappa shape index (κ1) is 14.8. The van der Waals surface area contributed by atoms with E-state index in [1.165, 1.54) is 6.07 Å². The van der Waals surface area contributed by atoms with E-state index in [0.29, 0.717) is 11.3 Å². The predicted octanol–water partition coefficient (Wildman–Crippen LogP) is 3.30. The van der Waals surface area contributed by atoms with Gasteiger partial charge in [0.25, 0.3) is 0 Å². The van der Waals surface area contributed by atoms with Gasteiger partial charge in [-0.05, 0) is 30.7 Å². The van der Waals surface area contributed by atoms with Crippen molar-refractivity contribution in [3.63, 3.8) is 0 Å². The number of hydrogen-bond acceptors (Lipinski definition) is 3. The second-order valence-electron chi connectivity index (χ2n) is 4.84. The standard InChI is InChI=1S/C17H17NO3/c1-12-11-14(19)7-8-15(12)18-17(21)10-9-16(20)13-5-3-2-4-6-13/h2-8,11,19H,9-10H2,1H3,(H,18,21). The Kier molecular flexibility index (Phi) is 4.72. The largest absolute Gasteiger partial charge is 0.508 e. The van der Waals surface area contributed by atoms with Gasteiger partial charge in [-0.2, -0.15) is 0 Å². The summed E-state index contributed by atoms with van der Waals surface area (Å²) in [5.74, 6) is -0.106. The monoisotopic (exact) mass is 283 g/mol. The number of Topliss-reactive ketones (excluding diaryl/α,β-unsaturated/α-hetero) is 1. The maximum Gasteiger partial charge on any atom is 0.224 e. The molecule has 2 N–H and O–H groups in total. The summed E-state index contributed by atoms with van der Waals surface area (Å²) in [5.41, 5.74) is 2.04. The van der Waals surface area contributed by atoms with Crippen molar-refractivity contribution in [2.45, 2.75) is 19.8 Å². The van der Waals surface area contributed by atoms with Crippen LogP contribution in [0.4, 0.5) is 5.69 Å². The normalized spacial score (nSPS) is 10.1. The molecule has 4 heteroatoms. The fourth-order valence-electron chi connectivity index (χ4n) is 2.00. The van der Waals surface area contributed by atoms with Crippen LogP contribution in [0.3, 0.4) is 0 Å². The van der Waals surface area contributed by atoms with E-state index in [2.05, 4.69) is 5.32 Å². The minimum atomic E-state index is -0.215. The molecule has 0 aliphatic rings. The van der Waals surface area contributed by atoms with E-state index in [1.54, 1.807) is 43.3 Å². The highest BCUT2D eigenvalue weighted by Gasteiger charge is 2.10. The van der Waals surface area contributed by atoms with E-state index in [-0.39, 0.29) is 30.3 Å². The van der Waals surface area contributed by atoms with Crippen LogP contribution in [0, 0.1) is 6.92 Å². The maximum atomic E-state index is 11.9. The molecular weight excluding hydrogens is 266 g/mol. The Morgan fingerprint density at radius 3 is 2.43 bits per heavy atom. The Morgan fingerprint density at radius 1 is 1.05 bits per heavy atom. The van der Waals surface area contributed by atoms with Gasteiger partial charge >= 0.3 is 0 Å². The molecule has 21 heavy (non-hydrogen) atoms. The number of aromatic hydroxyl groups is 1. The van der Waals surface area contributed by atoms with Gasteiger partial charge in [0, 0.05) is 24.1 Å². The number of amides is 1. The third-order valence-corrected chi connectivity index (χ3v) is 3.16. The number of hydrogen-bond donors (Lipinski definition) is 2. The molecule has 0 radical (unpaired) electrons. The summed E-state index contributed by atoms with van der Waals surface area (Å²) in [6.45, 7) is 1.80. The molecule has 4 nitrogen and oxygen atoms in total. The topological polar surface area (TPSA) is 66.4 Å². The van der Waals surface area contributed by atoms with E-state index in [0.717, 1.165) is 5.56 Å². The first-order chi connectivity index (χ1) is 10.1. The molecule has 0 bridgehead atoms. The number of phenolic OH excluding ortho intramolecular Hbond substituents is 1. The molecule has 0 heterocycles. The highest BCUT2D eigenvalue weighted by Crippen LogP contribution is 2.20. The molecule has 0 aliphatic carbocycles. The van der Waals surface area contributed by atoms with Gasteiger partial charge in [0.2, 0.25) is 5.91 Å². The third kappa shape index (κ3) is 4.18. The molecule has 0 spiro atoms. The Hall–Kier alpha value is -2.62. The van der Waals surface area contributed by atoms with Crippen molar-refractivity contribution in [1.82, 2.24) is 0 Å². The number of carbonyl (C=O) groups is 2. The van der Waals surface area contributed by atoms with Crippen LogP contribution in [0.2, 0.25) is 0 Å². The highest BCUT2D eigenvalue weighted by molar-refractivity contribution is 6.00. The van der Waals surface area contributed by atoms with Crippen LogP contribution in [0.15, 0.2) is 48.5 Å². The number of anilines is 1. The minimum Gasteiger partial charge on any atom is -0.508 e. The second-order valence-corrected chi connectivity index (χ2v) is 4.84. The van der Waals surface area contributed by atoms with Crippen molar-refractivity contribution < 1.29 is 14.7 Å². The van der Waals surface area contributed by atoms with Gasteiger partial charge < -0.3 is 10.4 Å². The molecule has 0 aromatic heterocycles. The van der Waals surface area contributed by atoms with Crippen LogP contribution in [-0.4, -0.2) is 16.8 Å². The molecule has 1 amide bonds. The van der Waals surface area contributed by atoms with Gasteiger partial charge in [-0.1, -0.05) is 30.3 Å². The number of aryl methyl sites for hydroxylation is 1. The number of ketones is 1. The SMILES string of the molecule is Cc1cc(O)ccc1NC(=O)CCC(=O)c1ccccc1. The zero-order valence-corrected chi connectivity index (χ0v) is 11.8. The van der Waals surface area contributed by atoms with Crippen molar-refractivity contribution in [3.8, 4) is 5.75 Å². The lowest BCUT2D eigenvalue weighted by Gasteiger charge is -2.08. The number of phenols is 1. The lowest BCUT2D eigenvalue weighted by atomic mass is 10.1. The lowest BCUT2D eigenvalue weighted by molar-refractivity contribution is -0.116. The smallest absolute Gasteiger partial charge is 0.224 e. The Balaban J connectivity index is 1.89. The molecule has 0 unspecified atom stereocenters. The maximum absolute atomic E-state index is 11.9. The summed E-state index contributed by atoms with van der Waals surface area (Å²) in [6.07, 6.45) is 0.307. The van der Waals surface area contributed by atoms with Gasteiger partial charge in [-0.15, -0.1) is 0 Å². The highest BCUT2D eigenvalue weighted by atomic mass is 16.3. The van der Waals surface area contributed by atoms with Gasteiger partial charge in [0.05, 0.1) is 0 Å². The van der Waals surface area contributed by atoms with Crippen LogP contribution in [-0.2, 0) is 4.79 Å². The molecule has 0 saturated heterocycles. The molecule has 0 fully saturated rings. The summed E-state index contributed by atoms with van der Waals surface area (Å²) in [7, 11) is 0. The average molecular weight is 283 g/mol. The average Bonchev–Trinajstić information content (AvgIpc) is 2.48.